The zero-order chi connectivity index (χ0) is 18.4. The highest BCUT2D eigenvalue weighted by Crippen LogP contribution is 2.24. The smallest absolute Gasteiger partial charge is 0.496 e. The molecule has 0 radical (unpaired) electrons. The van der Waals surface area contributed by atoms with E-state index in [1.54, 1.807) is 18.2 Å². The van der Waals surface area contributed by atoms with Crippen molar-refractivity contribution in [2.45, 2.75) is 6.36 Å². The Hall–Kier alpha value is -3.23. The van der Waals surface area contributed by atoms with Crippen LogP contribution in [0.1, 0.15) is 10.4 Å². The van der Waals surface area contributed by atoms with Gasteiger partial charge in [-0.3, -0.25) is 10.1 Å². The maximum atomic E-state index is 12.1. The van der Waals surface area contributed by atoms with Crippen LogP contribution in [0.25, 0.3) is 0 Å². The Kier molecular flexibility index (Phi) is 5.48. The third-order valence-corrected chi connectivity index (χ3v) is 2.92. The summed E-state index contributed by atoms with van der Waals surface area (Å²) in [4.78, 5) is 23.9. The molecule has 6 nitrogen and oxygen atoms in total. The molecule has 2 N–H and O–H groups in total. The van der Waals surface area contributed by atoms with Gasteiger partial charge < -0.3 is 14.8 Å². The summed E-state index contributed by atoms with van der Waals surface area (Å²) in [6.07, 6.45) is -4.80. The highest BCUT2D eigenvalue weighted by molar-refractivity contribution is 6.09. The number of halogens is 3. The molecule has 2 aromatic carbocycles. The van der Waals surface area contributed by atoms with Crippen molar-refractivity contribution < 1.29 is 32.2 Å². The van der Waals surface area contributed by atoms with Gasteiger partial charge in [0.25, 0.3) is 5.91 Å². The van der Waals surface area contributed by atoms with E-state index in [4.69, 9.17) is 4.74 Å². The lowest BCUT2D eigenvalue weighted by atomic mass is 10.2. The first-order valence-electron chi connectivity index (χ1n) is 6.89. The monoisotopic (exact) mass is 354 g/mol. The Balaban J connectivity index is 1.97. The Bertz CT molecular complexity index is 761. The molecule has 132 valence electrons. The molecule has 0 aliphatic rings. The van der Waals surface area contributed by atoms with Crippen LogP contribution in [-0.4, -0.2) is 25.4 Å². The van der Waals surface area contributed by atoms with E-state index in [9.17, 15) is 22.8 Å². The van der Waals surface area contributed by atoms with Gasteiger partial charge in [0.05, 0.1) is 12.7 Å². The van der Waals surface area contributed by atoms with Crippen LogP contribution in [-0.2, 0) is 0 Å². The molecule has 0 fully saturated rings. The van der Waals surface area contributed by atoms with Crippen molar-refractivity contribution in [1.82, 2.24) is 5.32 Å². The van der Waals surface area contributed by atoms with Crippen LogP contribution in [0, 0.1) is 0 Å². The first kappa shape index (κ1) is 18.1. The molecule has 0 spiro atoms. The summed E-state index contributed by atoms with van der Waals surface area (Å²) in [7, 11) is 1.39. The number of urea groups is 1. The number of para-hydroxylation sites is 1. The summed E-state index contributed by atoms with van der Waals surface area (Å²) in [6, 6.07) is 9.94. The van der Waals surface area contributed by atoms with Crippen molar-refractivity contribution in [2.75, 3.05) is 12.4 Å². The van der Waals surface area contributed by atoms with Gasteiger partial charge in [0.15, 0.2) is 0 Å². The number of nitrogens with one attached hydrogen (secondary N) is 2. The van der Waals surface area contributed by atoms with E-state index in [1.165, 1.54) is 25.3 Å². The molecule has 9 heteroatoms. The predicted molar refractivity (Wildman–Crippen MR) is 82.6 cm³/mol. The first-order chi connectivity index (χ1) is 11.8. The highest BCUT2D eigenvalue weighted by atomic mass is 19.4. The number of hydrogen-bond acceptors (Lipinski definition) is 4. The second kappa shape index (κ2) is 7.56. The molecule has 0 unspecified atom stereocenters. The van der Waals surface area contributed by atoms with Crippen LogP contribution in [0.15, 0.2) is 48.5 Å². The number of methoxy groups -OCH3 is 1. The van der Waals surface area contributed by atoms with E-state index in [0.29, 0.717) is 5.75 Å². The van der Waals surface area contributed by atoms with E-state index in [-0.39, 0.29) is 11.3 Å². The van der Waals surface area contributed by atoms with E-state index in [1.807, 2.05) is 0 Å². The molecule has 0 bridgehead atoms. The zero-order valence-corrected chi connectivity index (χ0v) is 12.9. The van der Waals surface area contributed by atoms with E-state index in [2.05, 4.69) is 15.4 Å². The van der Waals surface area contributed by atoms with Crippen molar-refractivity contribution in [3.63, 3.8) is 0 Å². The number of rotatable bonds is 4. The van der Waals surface area contributed by atoms with Crippen LogP contribution in [0.2, 0.25) is 0 Å². The number of benzene rings is 2. The summed E-state index contributed by atoms with van der Waals surface area (Å²) >= 11 is 0. The van der Waals surface area contributed by atoms with Gasteiger partial charge in [-0.2, -0.15) is 0 Å². The average Bonchev–Trinajstić information content (AvgIpc) is 2.55. The second-order valence-corrected chi connectivity index (χ2v) is 4.68. The number of carbonyl (C=O) groups excluding carboxylic acids is 2. The molecule has 0 saturated heterocycles. The third kappa shape index (κ3) is 5.41. The SMILES string of the molecule is COc1ccccc1C(=O)NC(=O)Nc1ccc(OC(F)(F)F)cc1. The van der Waals surface area contributed by atoms with Crippen molar-refractivity contribution in [3.05, 3.63) is 54.1 Å². The van der Waals surface area contributed by atoms with Crippen molar-refractivity contribution in [3.8, 4) is 11.5 Å². The second-order valence-electron chi connectivity index (χ2n) is 4.68. The van der Waals surface area contributed by atoms with Crippen molar-refractivity contribution in [2.24, 2.45) is 0 Å². The first-order valence-corrected chi connectivity index (χ1v) is 6.89. The van der Waals surface area contributed by atoms with Gasteiger partial charge in [-0.05, 0) is 36.4 Å². The average molecular weight is 354 g/mol. The normalized spacial score (nSPS) is 10.7. The lowest BCUT2D eigenvalue weighted by molar-refractivity contribution is -0.274. The van der Waals surface area contributed by atoms with Gasteiger partial charge in [0, 0.05) is 5.69 Å². The fourth-order valence-corrected chi connectivity index (χ4v) is 1.90. The van der Waals surface area contributed by atoms with Gasteiger partial charge in [-0.15, -0.1) is 13.2 Å². The molecule has 3 amide bonds. The number of carbonyl (C=O) groups is 2. The third-order valence-electron chi connectivity index (χ3n) is 2.92. The zero-order valence-electron chi connectivity index (χ0n) is 12.9. The fourth-order valence-electron chi connectivity index (χ4n) is 1.90. The maximum absolute atomic E-state index is 12.1. The van der Waals surface area contributed by atoms with Crippen LogP contribution >= 0.6 is 0 Å². The summed E-state index contributed by atoms with van der Waals surface area (Å²) in [5.41, 5.74) is 0.342. The summed E-state index contributed by atoms with van der Waals surface area (Å²) < 4.78 is 44.9. The Morgan fingerprint density at radius 2 is 1.64 bits per heavy atom. The van der Waals surface area contributed by atoms with Crippen LogP contribution in [0.3, 0.4) is 0 Å². The molecule has 2 rings (SSSR count). The molecule has 0 aromatic heterocycles. The lowest BCUT2D eigenvalue weighted by Gasteiger charge is -2.11. The summed E-state index contributed by atoms with van der Waals surface area (Å²) in [5.74, 6) is -0.822. The maximum Gasteiger partial charge on any atom is 0.573 e. The lowest BCUT2D eigenvalue weighted by Crippen LogP contribution is -2.34. The quantitative estimate of drug-likeness (QED) is 0.880. The molecule has 0 aliphatic heterocycles. The van der Waals surface area contributed by atoms with Gasteiger partial charge in [0.2, 0.25) is 0 Å². The van der Waals surface area contributed by atoms with Crippen LogP contribution < -0.4 is 20.1 Å². The summed E-state index contributed by atoms with van der Waals surface area (Å²) in [5, 5.41) is 4.41. The molecular weight excluding hydrogens is 341 g/mol. The number of anilines is 1. The standard InChI is InChI=1S/C16H13F3N2O4/c1-24-13-5-3-2-4-12(13)14(22)21-15(23)20-10-6-8-11(9-7-10)25-16(17,18)19/h2-9H,1H3,(H2,20,21,22,23). The van der Waals surface area contributed by atoms with Gasteiger partial charge in [0.1, 0.15) is 11.5 Å². The predicted octanol–water partition coefficient (Wildman–Crippen LogP) is 3.56. The van der Waals surface area contributed by atoms with E-state index >= 15 is 0 Å². The molecule has 0 atom stereocenters. The molecule has 25 heavy (non-hydrogen) atoms. The molecule has 0 saturated carbocycles. The van der Waals surface area contributed by atoms with Gasteiger partial charge >= 0.3 is 12.4 Å². The fraction of sp³-hybridized carbons (Fsp3) is 0.125. The van der Waals surface area contributed by atoms with Gasteiger partial charge in [-0.25, -0.2) is 4.79 Å². The molecule has 0 aliphatic carbocycles. The minimum Gasteiger partial charge on any atom is -0.496 e. The Labute approximate surface area is 140 Å². The number of amides is 3. The van der Waals surface area contributed by atoms with E-state index in [0.717, 1.165) is 12.1 Å². The number of imide groups is 1. The Morgan fingerprint density at radius 1 is 1.00 bits per heavy atom. The van der Waals surface area contributed by atoms with E-state index < -0.39 is 24.1 Å². The number of hydrogen-bond donors (Lipinski definition) is 2. The topological polar surface area (TPSA) is 76.7 Å². The highest BCUT2D eigenvalue weighted by Gasteiger charge is 2.30. The van der Waals surface area contributed by atoms with Crippen molar-refractivity contribution in [1.29, 1.82) is 0 Å². The Morgan fingerprint density at radius 3 is 2.24 bits per heavy atom. The van der Waals surface area contributed by atoms with Gasteiger partial charge in [-0.1, -0.05) is 12.1 Å². The minimum absolute atomic E-state index is 0.161. The van der Waals surface area contributed by atoms with Crippen LogP contribution in [0.4, 0.5) is 23.7 Å². The minimum atomic E-state index is -4.80. The van der Waals surface area contributed by atoms with Crippen LogP contribution in [0.5, 0.6) is 11.5 Å². The number of ether oxygens (including phenoxy) is 2. The molecule has 2 aromatic rings. The number of alkyl halides is 3. The molecular formula is C16H13F3N2O4. The summed E-state index contributed by atoms with van der Waals surface area (Å²) in [6.45, 7) is 0. The molecule has 0 heterocycles. The van der Waals surface area contributed by atoms with Crippen molar-refractivity contribution >= 4 is 17.6 Å². The largest absolute Gasteiger partial charge is 0.573 e.